The SMILES string of the molecule is O=C(Nc1ccc(O)c(N(c2ccc(F)cc2)[SH](=O)=O)c1)c1ccc(-c2cnccn2)cc1. The van der Waals surface area contributed by atoms with Crippen molar-refractivity contribution < 1.29 is 22.7 Å². The van der Waals surface area contributed by atoms with Crippen molar-refractivity contribution in [2.45, 2.75) is 0 Å². The van der Waals surface area contributed by atoms with Crippen LogP contribution in [0.15, 0.2) is 85.3 Å². The molecule has 0 unspecified atom stereocenters. The number of rotatable bonds is 6. The predicted molar refractivity (Wildman–Crippen MR) is 122 cm³/mol. The molecule has 10 heteroatoms. The number of anilines is 3. The van der Waals surface area contributed by atoms with Gasteiger partial charge in [-0.25, -0.2) is 17.1 Å². The number of carbonyl (C=O) groups excluding carboxylic acids is 1. The Kier molecular flexibility index (Phi) is 6.27. The zero-order chi connectivity index (χ0) is 23.4. The van der Waals surface area contributed by atoms with E-state index in [1.54, 1.807) is 42.9 Å². The second-order valence-electron chi connectivity index (χ2n) is 6.85. The van der Waals surface area contributed by atoms with E-state index in [9.17, 15) is 22.7 Å². The highest BCUT2D eigenvalue weighted by Crippen LogP contribution is 2.35. The number of hydrogen-bond acceptors (Lipinski definition) is 6. The summed E-state index contributed by atoms with van der Waals surface area (Å²) < 4.78 is 37.9. The van der Waals surface area contributed by atoms with Crippen LogP contribution in [0.5, 0.6) is 5.75 Å². The Balaban J connectivity index is 1.58. The van der Waals surface area contributed by atoms with E-state index < -0.39 is 22.6 Å². The Morgan fingerprint density at radius 3 is 2.33 bits per heavy atom. The molecule has 4 aromatic rings. The molecule has 1 heterocycles. The van der Waals surface area contributed by atoms with Gasteiger partial charge in [0.2, 0.25) is 10.9 Å². The molecule has 3 aromatic carbocycles. The van der Waals surface area contributed by atoms with E-state index in [1.807, 2.05) is 0 Å². The zero-order valence-electron chi connectivity index (χ0n) is 16.9. The summed E-state index contributed by atoms with van der Waals surface area (Å²) in [6.45, 7) is 0. The zero-order valence-corrected chi connectivity index (χ0v) is 17.8. The first-order valence-corrected chi connectivity index (χ1v) is 10.8. The number of aromatic nitrogens is 2. The van der Waals surface area contributed by atoms with Crippen LogP contribution < -0.4 is 9.62 Å². The van der Waals surface area contributed by atoms with Crippen molar-refractivity contribution in [1.82, 2.24) is 9.97 Å². The summed E-state index contributed by atoms with van der Waals surface area (Å²) in [6, 6.07) is 15.5. The number of phenols is 1. The van der Waals surface area contributed by atoms with E-state index in [2.05, 4.69) is 15.3 Å². The minimum absolute atomic E-state index is 0.0893. The second-order valence-corrected chi connectivity index (χ2v) is 7.73. The molecule has 0 aliphatic carbocycles. The Morgan fingerprint density at radius 1 is 0.970 bits per heavy atom. The summed E-state index contributed by atoms with van der Waals surface area (Å²) in [6.07, 6.45) is 4.75. The van der Waals surface area contributed by atoms with Gasteiger partial charge in [0.05, 0.1) is 17.6 Å². The lowest BCUT2D eigenvalue weighted by Gasteiger charge is -2.20. The molecular weight excluding hydrogens is 447 g/mol. The van der Waals surface area contributed by atoms with Gasteiger partial charge in [-0.2, -0.15) is 0 Å². The van der Waals surface area contributed by atoms with Crippen molar-refractivity contribution in [3.8, 4) is 17.0 Å². The van der Waals surface area contributed by atoms with Gasteiger partial charge < -0.3 is 10.4 Å². The fraction of sp³-hybridized carbons (Fsp3) is 0. The van der Waals surface area contributed by atoms with Crippen molar-refractivity contribution in [1.29, 1.82) is 0 Å². The van der Waals surface area contributed by atoms with E-state index in [1.165, 1.54) is 30.3 Å². The molecule has 8 nitrogen and oxygen atoms in total. The maximum absolute atomic E-state index is 13.3. The molecule has 0 saturated carbocycles. The Morgan fingerprint density at radius 2 is 1.70 bits per heavy atom. The molecule has 4 rings (SSSR count). The molecule has 0 radical (unpaired) electrons. The average molecular weight is 464 g/mol. The molecule has 0 aliphatic rings. The van der Waals surface area contributed by atoms with Crippen LogP contribution in [0.1, 0.15) is 10.4 Å². The molecule has 33 heavy (non-hydrogen) atoms. The summed E-state index contributed by atoms with van der Waals surface area (Å²) in [5, 5.41) is 12.9. The number of hydrogen-bond donors (Lipinski definition) is 3. The van der Waals surface area contributed by atoms with Gasteiger partial charge in [0.15, 0.2) is 0 Å². The number of thiol groups is 1. The lowest BCUT2D eigenvalue weighted by molar-refractivity contribution is 0.102. The molecular formula is C23H17FN4O4S. The molecule has 1 amide bonds. The maximum Gasteiger partial charge on any atom is 0.255 e. The fourth-order valence-electron chi connectivity index (χ4n) is 3.12. The van der Waals surface area contributed by atoms with Gasteiger partial charge in [0.1, 0.15) is 17.3 Å². The number of halogens is 1. The van der Waals surface area contributed by atoms with Crippen LogP contribution in [0.25, 0.3) is 11.3 Å². The number of nitrogens with zero attached hydrogens (tertiary/aromatic N) is 3. The van der Waals surface area contributed by atoms with Crippen LogP contribution in [0.3, 0.4) is 0 Å². The van der Waals surface area contributed by atoms with Crippen LogP contribution in [0.2, 0.25) is 0 Å². The smallest absolute Gasteiger partial charge is 0.255 e. The van der Waals surface area contributed by atoms with E-state index in [4.69, 9.17) is 0 Å². The standard InChI is InChI=1S/C23H17FN4O4S/c24-17-5-8-19(9-6-17)28(33(31)32)21-13-18(7-10-22(21)29)27-23(30)16-3-1-15(2-4-16)20-14-25-11-12-26-20/h1-14,29,33H,(H,27,30). The Hall–Kier alpha value is -4.31. The monoisotopic (exact) mass is 464 g/mol. The molecule has 0 atom stereocenters. The van der Waals surface area contributed by atoms with Gasteiger partial charge in [-0.15, -0.1) is 0 Å². The fourth-order valence-corrected chi connectivity index (χ4v) is 3.78. The highest BCUT2D eigenvalue weighted by Gasteiger charge is 2.18. The minimum atomic E-state index is -3.22. The van der Waals surface area contributed by atoms with Crippen LogP contribution in [-0.4, -0.2) is 29.4 Å². The molecule has 0 saturated heterocycles. The van der Waals surface area contributed by atoms with Crippen molar-refractivity contribution in [2.75, 3.05) is 9.62 Å². The van der Waals surface area contributed by atoms with Crippen molar-refractivity contribution in [3.63, 3.8) is 0 Å². The quantitative estimate of drug-likeness (QED) is 0.295. The third-order valence-corrected chi connectivity index (χ3v) is 5.48. The first-order chi connectivity index (χ1) is 15.9. The Bertz CT molecular complexity index is 1350. The molecule has 0 fully saturated rings. The average Bonchev–Trinajstić information content (AvgIpc) is 2.83. The number of carbonyl (C=O) groups is 1. The van der Waals surface area contributed by atoms with Crippen molar-refractivity contribution in [3.05, 3.63) is 96.7 Å². The first-order valence-electron chi connectivity index (χ1n) is 9.63. The number of benzene rings is 3. The molecule has 0 spiro atoms. The van der Waals surface area contributed by atoms with Gasteiger partial charge in [0, 0.05) is 29.2 Å². The number of amides is 1. The van der Waals surface area contributed by atoms with E-state index in [-0.39, 0.29) is 22.8 Å². The maximum atomic E-state index is 13.3. The number of phenolic OH excluding ortho intramolecular Hbond substituents is 1. The summed E-state index contributed by atoms with van der Waals surface area (Å²) in [5.41, 5.74) is 2.12. The summed E-state index contributed by atoms with van der Waals surface area (Å²) in [4.78, 5) is 20.9. The van der Waals surface area contributed by atoms with Gasteiger partial charge >= 0.3 is 0 Å². The third-order valence-electron chi connectivity index (χ3n) is 4.70. The number of aromatic hydroxyl groups is 1. The minimum Gasteiger partial charge on any atom is -0.506 e. The normalized spacial score (nSPS) is 10.7. The first kappa shape index (κ1) is 21.9. The Labute approximate surface area is 190 Å². The van der Waals surface area contributed by atoms with Gasteiger partial charge in [-0.05, 0) is 54.6 Å². The molecule has 0 aliphatic heterocycles. The third kappa shape index (κ3) is 4.96. The largest absolute Gasteiger partial charge is 0.506 e. The van der Waals surface area contributed by atoms with Crippen LogP contribution in [-0.2, 0) is 10.9 Å². The highest BCUT2D eigenvalue weighted by atomic mass is 32.2. The predicted octanol–water partition coefficient (Wildman–Crippen LogP) is 3.91. The van der Waals surface area contributed by atoms with Crippen LogP contribution in [0.4, 0.5) is 21.5 Å². The topological polar surface area (TPSA) is 112 Å². The molecule has 0 bridgehead atoms. The lowest BCUT2D eigenvalue weighted by atomic mass is 10.1. The van der Waals surface area contributed by atoms with Crippen molar-refractivity contribution in [2.24, 2.45) is 0 Å². The van der Waals surface area contributed by atoms with Gasteiger partial charge in [-0.1, -0.05) is 12.1 Å². The molecule has 166 valence electrons. The summed E-state index contributed by atoms with van der Waals surface area (Å²) in [7, 11) is -3.22. The second kappa shape index (κ2) is 9.45. The van der Waals surface area contributed by atoms with Crippen LogP contribution in [0, 0.1) is 5.82 Å². The van der Waals surface area contributed by atoms with Crippen LogP contribution >= 0.6 is 0 Å². The van der Waals surface area contributed by atoms with Crippen molar-refractivity contribution >= 4 is 33.9 Å². The molecule has 2 N–H and O–H groups in total. The van der Waals surface area contributed by atoms with E-state index in [0.717, 1.165) is 22.0 Å². The summed E-state index contributed by atoms with van der Waals surface area (Å²) >= 11 is 0. The van der Waals surface area contributed by atoms with E-state index in [0.29, 0.717) is 11.3 Å². The molecule has 1 aromatic heterocycles. The number of nitrogens with one attached hydrogen (secondary N) is 1. The van der Waals surface area contributed by atoms with Gasteiger partial charge in [0.25, 0.3) is 5.91 Å². The lowest BCUT2D eigenvalue weighted by Crippen LogP contribution is -2.16. The van der Waals surface area contributed by atoms with Gasteiger partial charge in [-0.3, -0.25) is 14.8 Å². The highest BCUT2D eigenvalue weighted by molar-refractivity contribution is 7.74. The van der Waals surface area contributed by atoms with E-state index >= 15 is 0 Å². The summed E-state index contributed by atoms with van der Waals surface area (Å²) in [5.74, 6) is -1.29.